The van der Waals surface area contributed by atoms with Crippen molar-refractivity contribution < 1.29 is 14.4 Å². The van der Waals surface area contributed by atoms with Gasteiger partial charge in [0, 0.05) is 12.5 Å². The molecule has 0 N–H and O–H groups in total. The van der Waals surface area contributed by atoms with Crippen molar-refractivity contribution in [3.05, 3.63) is 34.4 Å². The van der Waals surface area contributed by atoms with Crippen LogP contribution in [0.5, 0.6) is 0 Å². The lowest BCUT2D eigenvalue weighted by molar-refractivity contribution is -0.134. The summed E-state index contributed by atoms with van der Waals surface area (Å²) in [5, 5.41) is 0. The van der Waals surface area contributed by atoms with Crippen LogP contribution in [0, 0.1) is 20.8 Å². The molecule has 1 aromatic carbocycles. The van der Waals surface area contributed by atoms with E-state index in [4.69, 9.17) is 0 Å². The second-order valence-electron chi connectivity index (χ2n) is 4.33. The topological polar surface area (TPSA) is 51.2 Å². The number of carbonyl (C=O) groups is 3. The molecule has 0 heterocycles. The van der Waals surface area contributed by atoms with Crippen LogP contribution in [0.2, 0.25) is 0 Å². The summed E-state index contributed by atoms with van der Waals surface area (Å²) in [6.07, 6.45) is -0.334. The molecule has 3 nitrogen and oxygen atoms in total. The molecule has 0 aliphatic heterocycles. The molecule has 0 unspecified atom stereocenters. The number of rotatable bonds is 4. The molecule has 0 saturated carbocycles. The summed E-state index contributed by atoms with van der Waals surface area (Å²) < 4.78 is 0. The van der Waals surface area contributed by atoms with Crippen LogP contribution in [0.25, 0.3) is 0 Å². The van der Waals surface area contributed by atoms with Crippen molar-refractivity contribution in [1.29, 1.82) is 0 Å². The fourth-order valence-corrected chi connectivity index (χ4v) is 1.69. The number of ketones is 3. The van der Waals surface area contributed by atoms with E-state index in [0.717, 1.165) is 16.7 Å². The standard InChI is InChI=1S/C14H16O3/c1-8-5-9(2)10(3)12(6-8)14(17)7-13(16)11(4)15/h5-6H,7H2,1-4H3. The molecule has 1 rings (SSSR count). The van der Waals surface area contributed by atoms with E-state index in [2.05, 4.69) is 0 Å². The van der Waals surface area contributed by atoms with Crippen LogP contribution in [0.1, 0.15) is 40.4 Å². The number of aryl methyl sites for hydroxylation is 2. The summed E-state index contributed by atoms with van der Waals surface area (Å²) in [5.41, 5.74) is 3.41. The van der Waals surface area contributed by atoms with Crippen molar-refractivity contribution in [1.82, 2.24) is 0 Å². The van der Waals surface area contributed by atoms with E-state index >= 15 is 0 Å². The second-order valence-corrected chi connectivity index (χ2v) is 4.33. The van der Waals surface area contributed by atoms with Gasteiger partial charge in [-0.3, -0.25) is 14.4 Å². The van der Waals surface area contributed by atoms with E-state index in [-0.39, 0.29) is 12.2 Å². The molecule has 0 radical (unpaired) electrons. The van der Waals surface area contributed by atoms with Gasteiger partial charge in [0.05, 0.1) is 6.42 Å². The summed E-state index contributed by atoms with van der Waals surface area (Å²) >= 11 is 0. The molecular formula is C14H16O3. The van der Waals surface area contributed by atoms with E-state index in [9.17, 15) is 14.4 Å². The molecule has 1 aromatic rings. The third kappa shape index (κ3) is 3.09. The van der Waals surface area contributed by atoms with Gasteiger partial charge in [-0.15, -0.1) is 0 Å². The summed E-state index contributed by atoms with van der Waals surface area (Å²) in [6.45, 7) is 6.85. The number of hydrogen-bond donors (Lipinski definition) is 0. The Kier molecular flexibility index (Phi) is 3.94. The molecule has 0 aromatic heterocycles. The van der Waals surface area contributed by atoms with Gasteiger partial charge in [0.2, 0.25) is 5.78 Å². The maximum atomic E-state index is 11.9. The zero-order valence-corrected chi connectivity index (χ0v) is 10.6. The Balaban J connectivity index is 3.05. The summed E-state index contributed by atoms with van der Waals surface area (Å²) in [7, 11) is 0. The van der Waals surface area contributed by atoms with E-state index < -0.39 is 11.6 Å². The van der Waals surface area contributed by atoms with Gasteiger partial charge in [0.15, 0.2) is 11.6 Å². The molecule has 0 fully saturated rings. The smallest absolute Gasteiger partial charge is 0.205 e. The molecule has 17 heavy (non-hydrogen) atoms. The lowest BCUT2D eigenvalue weighted by Crippen LogP contribution is -2.16. The van der Waals surface area contributed by atoms with Gasteiger partial charge < -0.3 is 0 Å². The third-order valence-electron chi connectivity index (χ3n) is 2.83. The minimum atomic E-state index is -0.631. The zero-order chi connectivity index (χ0) is 13.2. The molecule has 0 amide bonds. The second kappa shape index (κ2) is 5.04. The van der Waals surface area contributed by atoms with Gasteiger partial charge in [0.25, 0.3) is 0 Å². The molecule has 0 bridgehead atoms. The van der Waals surface area contributed by atoms with Crippen LogP contribution in [0.15, 0.2) is 12.1 Å². The van der Waals surface area contributed by atoms with E-state index in [1.165, 1.54) is 6.92 Å². The first-order chi connectivity index (χ1) is 7.82. The average Bonchev–Trinajstić information content (AvgIpc) is 2.22. The monoisotopic (exact) mass is 232 g/mol. The van der Waals surface area contributed by atoms with Crippen LogP contribution in [-0.2, 0) is 9.59 Å². The predicted octanol–water partition coefficient (Wildman–Crippen LogP) is 2.34. The highest BCUT2D eigenvalue weighted by Gasteiger charge is 2.17. The Morgan fingerprint density at radius 1 is 1.06 bits per heavy atom. The van der Waals surface area contributed by atoms with Crippen molar-refractivity contribution in [3.63, 3.8) is 0 Å². The number of hydrogen-bond acceptors (Lipinski definition) is 3. The van der Waals surface area contributed by atoms with Gasteiger partial charge in [0.1, 0.15) is 0 Å². The molecule has 0 atom stereocenters. The van der Waals surface area contributed by atoms with E-state index in [0.29, 0.717) is 5.56 Å². The Morgan fingerprint density at radius 3 is 2.18 bits per heavy atom. The Labute approximate surface area is 101 Å². The predicted molar refractivity (Wildman–Crippen MR) is 65.3 cm³/mol. The first-order valence-corrected chi connectivity index (χ1v) is 5.47. The maximum absolute atomic E-state index is 11.9. The van der Waals surface area contributed by atoms with E-state index in [1.807, 2.05) is 26.8 Å². The highest BCUT2D eigenvalue weighted by molar-refractivity contribution is 6.40. The number of Topliss-reactive ketones (excluding diaryl/α,β-unsaturated/α-hetero) is 3. The molecular weight excluding hydrogens is 216 g/mol. The van der Waals surface area contributed by atoms with Crippen LogP contribution >= 0.6 is 0 Å². The number of carbonyl (C=O) groups excluding carboxylic acids is 3. The summed E-state index contributed by atoms with van der Waals surface area (Å²) in [4.78, 5) is 34.0. The quantitative estimate of drug-likeness (QED) is 0.455. The fourth-order valence-electron chi connectivity index (χ4n) is 1.69. The SMILES string of the molecule is CC(=O)C(=O)CC(=O)c1cc(C)cc(C)c1C. The maximum Gasteiger partial charge on any atom is 0.205 e. The van der Waals surface area contributed by atoms with Gasteiger partial charge >= 0.3 is 0 Å². The van der Waals surface area contributed by atoms with Crippen molar-refractivity contribution in [3.8, 4) is 0 Å². The number of benzene rings is 1. The Morgan fingerprint density at radius 2 is 1.65 bits per heavy atom. The highest BCUT2D eigenvalue weighted by Crippen LogP contribution is 2.17. The van der Waals surface area contributed by atoms with Crippen LogP contribution in [0.4, 0.5) is 0 Å². The van der Waals surface area contributed by atoms with Gasteiger partial charge in [-0.05, 0) is 38.0 Å². The van der Waals surface area contributed by atoms with Crippen molar-refractivity contribution >= 4 is 17.3 Å². The zero-order valence-electron chi connectivity index (χ0n) is 10.6. The van der Waals surface area contributed by atoms with Crippen molar-refractivity contribution in [2.75, 3.05) is 0 Å². The highest BCUT2D eigenvalue weighted by atomic mass is 16.2. The van der Waals surface area contributed by atoms with Gasteiger partial charge in [-0.25, -0.2) is 0 Å². The normalized spacial score (nSPS) is 10.1. The van der Waals surface area contributed by atoms with Crippen molar-refractivity contribution in [2.24, 2.45) is 0 Å². The third-order valence-corrected chi connectivity index (χ3v) is 2.83. The summed E-state index contributed by atoms with van der Waals surface area (Å²) in [5.74, 6) is -1.48. The minimum absolute atomic E-state index is 0.283. The Bertz CT molecular complexity index is 498. The first kappa shape index (κ1) is 13.3. The molecule has 3 heteroatoms. The fraction of sp³-hybridized carbons (Fsp3) is 0.357. The van der Waals surface area contributed by atoms with Gasteiger partial charge in [-0.1, -0.05) is 11.6 Å². The van der Waals surface area contributed by atoms with Crippen LogP contribution < -0.4 is 0 Å². The van der Waals surface area contributed by atoms with E-state index in [1.54, 1.807) is 6.07 Å². The van der Waals surface area contributed by atoms with Crippen LogP contribution in [-0.4, -0.2) is 17.3 Å². The largest absolute Gasteiger partial charge is 0.294 e. The minimum Gasteiger partial charge on any atom is -0.294 e. The Hall–Kier alpha value is -1.77. The average molecular weight is 232 g/mol. The lowest BCUT2D eigenvalue weighted by Gasteiger charge is -2.08. The molecule has 0 saturated heterocycles. The summed E-state index contributed by atoms with van der Waals surface area (Å²) in [6, 6.07) is 3.75. The van der Waals surface area contributed by atoms with Gasteiger partial charge in [-0.2, -0.15) is 0 Å². The first-order valence-electron chi connectivity index (χ1n) is 5.47. The molecule has 0 aliphatic rings. The molecule has 0 spiro atoms. The van der Waals surface area contributed by atoms with Crippen molar-refractivity contribution in [2.45, 2.75) is 34.1 Å². The lowest BCUT2D eigenvalue weighted by atomic mass is 9.95. The molecule has 0 aliphatic carbocycles. The molecule has 90 valence electrons. The van der Waals surface area contributed by atoms with Crippen LogP contribution in [0.3, 0.4) is 0 Å².